The summed E-state index contributed by atoms with van der Waals surface area (Å²) in [6, 6.07) is 0. The third-order valence-electron chi connectivity index (χ3n) is 11.7. The number of hydrogen-bond donors (Lipinski definition) is 3. The van der Waals surface area contributed by atoms with E-state index < -0.39 is 60.5 Å². The molecule has 3 aromatic rings. The predicted molar refractivity (Wildman–Crippen MR) is 226 cm³/mol. The number of amides is 1. The number of carbonyl (C=O) groups is 3. The van der Waals surface area contributed by atoms with Crippen LogP contribution in [0.4, 0.5) is 0 Å². The number of methoxy groups -OCH3 is 3. The summed E-state index contributed by atoms with van der Waals surface area (Å²) in [5.41, 5.74) is 1.01. The predicted octanol–water partition coefficient (Wildman–Crippen LogP) is 5.97. The molecule has 3 aromatic heterocycles. The zero-order valence-electron chi connectivity index (χ0n) is 37.2. The van der Waals surface area contributed by atoms with E-state index in [9.17, 15) is 29.7 Å². The summed E-state index contributed by atoms with van der Waals surface area (Å²) in [4.78, 5) is 52.4. The molecule has 62 heavy (non-hydrogen) atoms. The van der Waals surface area contributed by atoms with Crippen molar-refractivity contribution in [1.82, 2.24) is 19.9 Å². The molecule has 17 nitrogen and oxygen atoms in total. The van der Waals surface area contributed by atoms with E-state index in [4.69, 9.17) is 32.2 Å². The van der Waals surface area contributed by atoms with Gasteiger partial charge in [0.2, 0.25) is 24.1 Å². The van der Waals surface area contributed by atoms with Crippen molar-refractivity contribution in [3.8, 4) is 23.2 Å². The van der Waals surface area contributed by atoms with Gasteiger partial charge in [-0.05, 0) is 43.8 Å². The highest BCUT2D eigenvalue weighted by Gasteiger charge is 2.34. The fraction of sp³-hybridized carbons (Fsp3) is 0.600. The number of allylic oxidation sites excluding steroid dienone is 1. The number of ketones is 1. The smallest absolute Gasteiger partial charge is 0.308 e. The average molecular weight is 869 g/mol. The standard InChI is InChI=1S/C45H64N4O13/c1-26(16-17-36(53)28(3)42(55)27(2)18-19-49(6)25-50)38(57-8)21-39-30(5)37(56-7)14-11-15-40-46-33(23-59-40)44-48-34(24-61-44)45-47-32(22-60-45)43(58-9)29(4)35(52)13-10-12-31(51)20-41(54)62-39/h10-11,13,15,18-19,22-31,36-39,42-43,51,53,55H,12,14,16-17,20-21H2,1-9H3/b13-10+,15-11+,19-18+/t26?,27-,28+,29?,30?,31+,36-,37?,38?,39+,42?,43+/m1/s1. The number of ether oxygens (including phenoxy) is 4. The number of hydrogen-bond acceptors (Lipinski definition) is 16. The number of fused-ring (bicyclic) bond motifs is 8. The van der Waals surface area contributed by atoms with E-state index in [0.29, 0.717) is 42.8 Å². The molecule has 0 fully saturated rings. The normalized spacial score (nSPS) is 26.0. The summed E-state index contributed by atoms with van der Waals surface area (Å²) in [5.74, 6) is -2.22. The molecule has 0 saturated heterocycles. The number of oxazole rings is 3. The first kappa shape index (κ1) is 49.9. The molecule has 12 atom stereocenters. The van der Waals surface area contributed by atoms with Gasteiger partial charge in [-0.15, -0.1) is 0 Å². The average Bonchev–Trinajstić information content (AvgIpc) is 4.06. The fourth-order valence-corrected chi connectivity index (χ4v) is 7.44. The molecular formula is C45H64N4O13. The molecule has 6 bridgehead atoms. The highest BCUT2D eigenvalue weighted by Crippen LogP contribution is 2.32. The molecule has 0 spiro atoms. The number of esters is 1. The third-order valence-corrected chi connectivity index (χ3v) is 11.7. The minimum absolute atomic E-state index is 0.0138. The van der Waals surface area contributed by atoms with Gasteiger partial charge < -0.3 is 52.4 Å². The van der Waals surface area contributed by atoms with E-state index in [-0.39, 0.29) is 60.5 Å². The molecule has 0 saturated carbocycles. The summed E-state index contributed by atoms with van der Waals surface area (Å²) < 4.78 is 40.6. The minimum atomic E-state index is -1.14. The van der Waals surface area contributed by atoms with Gasteiger partial charge in [0.15, 0.2) is 17.2 Å². The largest absolute Gasteiger partial charge is 0.462 e. The number of cyclic esters (lactones) is 1. The molecule has 0 aromatic carbocycles. The number of nitrogens with zero attached hydrogens (tertiary/aromatic N) is 4. The van der Waals surface area contributed by atoms with Crippen molar-refractivity contribution in [2.24, 2.45) is 29.6 Å². The zero-order valence-corrected chi connectivity index (χ0v) is 37.2. The Bertz CT molecular complexity index is 1940. The van der Waals surface area contributed by atoms with Crippen LogP contribution in [0.25, 0.3) is 29.2 Å². The quantitative estimate of drug-likeness (QED) is 0.118. The summed E-state index contributed by atoms with van der Waals surface area (Å²) in [7, 11) is 6.21. The lowest BCUT2D eigenvalue weighted by Crippen LogP contribution is -2.39. The van der Waals surface area contributed by atoms with Crippen LogP contribution in [0.3, 0.4) is 0 Å². The van der Waals surface area contributed by atoms with Crippen molar-refractivity contribution in [2.45, 2.75) is 116 Å². The zero-order chi connectivity index (χ0) is 45.5. The molecule has 0 aliphatic carbocycles. The van der Waals surface area contributed by atoms with Crippen LogP contribution in [0, 0.1) is 29.6 Å². The van der Waals surface area contributed by atoms with Gasteiger partial charge in [-0.1, -0.05) is 52.8 Å². The van der Waals surface area contributed by atoms with Crippen LogP contribution in [0.2, 0.25) is 0 Å². The van der Waals surface area contributed by atoms with Gasteiger partial charge in [0.25, 0.3) is 0 Å². The number of aliphatic hydroxyl groups excluding tert-OH is 3. The molecular weight excluding hydrogens is 805 g/mol. The van der Waals surface area contributed by atoms with Gasteiger partial charge in [-0.2, -0.15) is 0 Å². The number of aromatic nitrogens is 3. The fourth-order valence-electron chi connectivity index (χ4n) is 7.44. The molecule has 3 N–H and O–H groups in total. The van der Waals surface area contributed by atoms with Crippen LogP contribution in [0.1, 0.15) is 90.8 Å². The van der Waals surface area contributed by atoms with Crippen molar-refractivity contribution < 1.29 is 61.9 Å². The summed E-state index contributed by atoms with van der Waals surface area (Å²) in [5, 5.41) is 32.9. The van der Waals surface area contributed by atoms with E-state index in [0.717, 1.165) is 0 Å². The van der Waals surface area contributed by atoms with Crippen molar-refractivity contribution in [1.29, 1.82) is 0 Å². The van der Waals surface area contributed by atoms with Crippen LogP contribution in [0.15, 0.2) is 62.5 Å². The summed E-state index contributed by atoms with van der Waals surface area (Å²) in [6.07, 6.45) is 10.7. The van der Waals surface area contributed by atoms with Gasteiger partial charge >= 0.3 is 5.97 Å². The van der Waals surface area contributed by atoms with E-state index in [2.05, 4.69) is 15.0 Å². The van der Waals surface area contributed by atoms with Gasteiger partial charge in [0.1, 0.15) is 36.7 Å². The van der Waals surface area contributed by atoms with Crippen molar-refractivity contribution in [2.75, 3.05) is 28.4 Å². The Morgan fingerprint density at radius 1 is 0.903 bits per heavy atom. The van der Waals surface area contributed by atoms with Crippen molar-refractivity contribution in [3.05, 3.63) is 60.9 Å². The van der Waals surface area contributed by atoms with Gasteiger partial charge in [0, 0.05) is 58.8 Å². The molecule has 4 rings (SSSR count). The number of carbonyl (C=O) groups excluding carboxylic acids is 3. The third kappa shape index (κ3) is 13.9. The Morgan fingerprint density at radius 2 is 1.58 bits per heavy atom. The first-order valence-corrected chi connectivity index (χ1v) is 21.0. The van der Waals surface area contributed by atoms with Gasteiger partial charge in [0.05, 0.1) is 42.9 Å². The highest BCUT2D eigenvalue weighted by molar-refractivity contribution is 5.92. The van der Waals surface area contributed by atoms with Crippen molar-refractivity contribution >= 4 is 24.2 Å². The number of rotatable bonds is 15. The first-order chi connectivity index (χ1) is 29.6. The molecule has 1 aliphatic rings. The van der Waals surface area contributed by atoms with Crippen LogP contribution in [0.5, 0.6) is 0 Å². The Kier molecular flexibility index (Phi) is 19.4. The van der Waals surface area contributed by atoms with Gasteiger partial charge in [-0.25, -0.2) is 15.0 Å². The van der Waals surface area contributed by atoms with E-state index in [1.165, 1.54) is 43.0 Å². The Labute approximate surface area is 363 Å². The lowest BCUT2D eigenvalue weighted by atomic mass is 9.84. The second-order valence-electron chi connectivity index (χ2n) is 16.3. The monoisotopic (exact) mass is 868 g/mol. The van der Waals surface area contributed by atoms with E-state index >= 15 is 0 Å². The lowest BCUT2D eigenvalue weighted by molar-refractivity contribution is -0.159. The van der Waals surface area contributed by atoms with Crippen LogP contribution < -0.4 is 0 Å². The highest BCUT2D eigenvalue weighted by atomic mass is 16.6. The van der Waals surface area contributed by atoms with Crippen LogP contribution >= 0.6 is 0 Å². The van der Waals surface area contributed by atoms with Crippen LogP contribution in [-0.2, 0) is 33.3 Å². The topological polar surface area (TPSA) is 230 Å². The van der Waals surface area contributed by atoms with Crippen LogP contribution in [-0.4, -0.2) is 118 Å². The van der Waals surface area contributed by atoms with Crippen molar-refractivity contribution in [3.63, 3.8) is 0 Å². The summed E-state index contributed by atoms with van der Waals surface area (Å²) >= 11 is 0. The maximum Gasteiger partial charge on any atom is 0.308 e. The second kappa shape index (κ2) is 24.2. The SMILES string of the molecule is COC(C[C@@H]1OC(=O)C[C@@H](O)C/C=C/C(=O)C(C)[C@H](OC)c2coc(n2)-c2coc(n2)-c2coc(n2)/C=C/CC(OC)C1C)C(C)CC[C@@H](O)[C@H](C)C(O)[C@H](C)/C=C/N(C)C=O. The Morgan fingerprint density at radius 3 is 2.27 bits per heavy atom. The van der Waals surface area contributed by atoms with E-state index in [1.807, 2.05) is 26.8 Å². The molecule has 342 valence electrons. The maximum absolute atomic E-state index is 13.5. The minimum Gasteiger partial charge on any atom is -0.462 e. The second-order valence-corrected chi connectivity index (χ2v) is 16.3. The molecule has 1 amide bonds. The molecule has 6 unspecified atom stereocenters. The summed E-state index contributed by atoms with van der Waals surface area (Å²) in [6.45, 7) is 9.21. The van der Waals surface area contributed by atoms with E-state index in [1.54, 1.807) is 53.5 Å². The molecule has 0 radical (unpaired) electrons. The first-order valence-electron chi connectivity index (χ1n) is 21.0. The maximum atomic E-state index is 13.5. The lowest BCUT2D eigenvalue weighted by Gasteiger charge is -2.34. The molecule has 17 heteroatoms. The molecule has 1 aliphatic heterocycles. The Hall–Kier alpha value is -4.78. The molecule has 4 heterocycles. The number of aliphatic hydroxyl groups is 3. The van der Waals surface area contributed by atoms with Gasteiger partial charge in [-0.3, -0.25) is 14.4 Å². The Balaban J connectivity index is 1.54.